The van der Waals surface area contributed by atoms with E-state index in [-0.39, 0.29) is 5.91 Å². The van der Waals surface area contributed by atoms with Crippen molar-refractivity contribution in [2.24, 2.45) is 0 Å². The molecule has 5 nitrogen and oxygen atoms in total. The molecular weight excluding hydrogens is 240 g/mol. The highest BCUT2D eigenvalue weighted by Crippen LogP contribution is 2.11. The van der Waals surface area contributed by atoms with Gasteiger partial charge >= 0.3 is 0 Å². The van der Waals surface area contributed by atoms with Gasteiger partial charge in [-0.15, -0.1) is 0 Å². The molecule has 1 aromatic rings. The molecule has 106 valence electrons. The first-order chi connectivity index (χ1) is 9.22. The van der Waals surface area contributed by atoms with Crippen LogP contribution in [0.25, 0.3) is 0 Å². The lowest BCUT2D eigenvalue weighted by molar-refractivity contribution is 0.0949. The average molecular weight is 264 g/mol. The summed E-state index contributed by atoms with van der Waals surface area (Å²) in [5, 5.41) is 5.92. The monoisotopic (exact) mass is 264 g/mol. The van der Waals surface area contributed by atoms with Gasteiger partial charge < -0.3 is 15.5 Å². The van der Waals surface area contributed by atoms with Crippen LogP contribution < -0.4 is 10.6 Å². The van der Waals surface area contributed by atoms with Crippen LogP contribution in [0.4, 0.5) is 5.69 Å². The molecule has 5 heteroatoms. The zero-order valence-corrected chi connectivity index (χ0v) is 12.1. The summed E-state index contributed by atoms with van der Waals surface area (Å²) in [6.45, 7) is 7.94. The molecule has 0 radical (unpaired) electrons. The Labute approximate surface area is 115 Å². The van der Waals surface area contributed by atoms with Crippen LogP contribution in [0.2, 0.25) is 0 Å². The van der Waals surface area contributed by atoms with Gasteiger partial charge in [0.25, 0.3) is 5.91 Å². The molecule has 0 bridgehead atoms. The SMILES string of the molecule is CCCN(CC)CCNC(=O)c1ccncc1NC. The zero-order valence-electron chi connectivity index (χ0n) is 12.1. The van der Waals surface area contributed by atoms with E-state index < -0.39 is 0 Å². The molecule has 0 unspecified atom stereocenters. The summed E-state index contributed by atoms with van der Waals surface area (Å²) in [7, 11) is 1.79. The smallest absolute Gasteiger partial charge is 0.253 e. The number of hydrogen-bond acceptors (Lipinski definition) is 4. The largest absolute Gasteiger partial charge is 0.386 e. The number of carbonyl (C=O) groups excluding carboxylic acids is 1. The Morgan fingerprint density at radius 2 is 2.16 bits per heavy atom. The van der Waals surface area contributed by atoms with Gasteiger partial charge in [-0.2, -0.15) is 0 Å². The number of nitrogens with one attached hydrogen (secondary N) is 2. The van der Waals surface area contributed by atoms with E-state index >= 15 is 0 Å². The van der Waals surface area contributed by atoms with Crippen LogP contribution in [-0.4, -0.2) is 49.0 Å². The Bertz CT molecular complexity index is 395. The van der Waals surface area contributed by atoms with Crippen molar-refractivity contribution in [3.05, 3.63) is 24.0 Å². The second-order valence-corrected chi connectivity index (χ2v) is 4.36. The molecule has 0 aromatic carbocycles. The van der Waals surface area contributed by atoms with Crippen LogP contribution in [0.1, 0.15) is 30.6 Å². The second kappa shape index (κ2) is 8.48. The number of aromatic nitrogens is 1. The van der Waals surface area contributed by atoms with E-state index in [2.05, 4.69) is 34.4 Å². The minimum absolute atomic E-state index is 0.0562. The Morgan fingerprint density at radius 1 is 1.37 bits per heavy atom. The highest BCUT2D eigenvalue weighted by Gasteiger charge is 2.10. The first-order valence-electron chi connectivity index (χ1n) is 6.85. The summed E-state index contributed by atoms with van der Waals surface area (Å²) in [4.78, 5) is 18.4. The number of rotatable bonds is 8. The molecule has 0 atom stereocenters. The minimum Gasteiger partial charge on any atom is -0.386 e. The Morgan fingerprint density at radius 3 is 2.79 bits per heavy atom. The third-order valence-corrected chi connectivity index (χ3v) is 3.04. The molecule has 0 saturated carbocycles. The number of amides is 1. The van der Waals surface area contributed by atoms with Gasteiger partial charge in [-0.3, -0.25) is 9.78 Å². The normalized spacial score (nSPS) is 10.5. The van der Waals surface area contributed by atoms with Gasteiger partial charge in [0.15, 0.2) is 0 Å². The van der Waals surface area contributed by atoms with Crippen molar-refractivity contribution in [3.8, 4) is 0 Å². The van der Waals surface area contributed by atoms with Crippen molar-refractivity contribution in [1.29, 1.82) is 0 Å². The lowest BCUT2D eigenvalue weighted by Gasteiger charge is -2.19. The fourth-order valence-electron chi connectivity index (χ4n) is 1.96. The summed E-state index contributed by atoms with van der Waals surface area (Å²) in [6.07, 6.45) is 4.42. The maximum Gasteiger partial charge on any atom is 0.253 e. The van der Waals surface area contributed by atoms with Crippen molar-refractivity contribution in [3.63, 3.8) is 0 Å². The van der Waals surface area contributed by atoms with E-state index in [0.717, 1.165) is 31.7 Å². The van der Waals surface area contributed by atoms with Gasteiger partial charge in [0, 0.05) is 26.3 Å². The Kier molecular flexibility index (Phi) is 6.89. The number of pyridine rings is 1. The van der Waals surface area contributed by atoms with Gasteiger partial charge in [0.1, 0.15) is 0 Å². The van der Waals surface area contributed by atoms with Crippen molar-refractivity contribution >= 4 is 11.6 Å². The molecule has 1 heterocycles. The maximum atomic E-state index is 12.1. The van der Waals surface area contributed by atoms with Crippen LogP contribution in [0.3, 0.4) is 0 Å². The van der Waals surface area contributed by atoms with Gasteiger partial charge in [-0.1, -0.05) is 13.8 Å². The average Bonchev–Trinajstić information content (AvgIpc) is 2.46. The molecule has 0 saturated heterocycles. The van der Waals surface area contributed by atoms with Crippen molar-refractivity contribution in [2.45, 2.75) is 20.3 Å². The topological polar surface area (TPSA) is 57.3 Å². The lowest BCUT2D eigenvalue weighted by atomic mass is 10.2. The summed E-state index contributed by atoms with van der Waals surface area (Å²) in [6, 6.07) is 1.73. The third-order valence-electron chi connectivity index (χ3n) is 3.04. The number of anilines is 1. The number of hydrogen-bond donors (Lipinski definition) is 2. The van der Waals surface area contributed by atoms with Crippen LogP contribution in [0.5, 0.6) is 0 Å². The first kappa shape index (κ1) is 15.4. The molecule has 19 heavy (non-hydrogen) atoms. The summed E-state index contributed by atoms with van der Waals surface area (Å²) in [5.74, 6) is -0.0562. The summed E-state index contributed by atoms with van der Waals surface area (Å²) in [5.41, 5.74) is 1.39. The van der Waals surface area contributed by atoms with Gasteiger partial charge in [-0.05, 0) is 25.6 Å². The fourth-order valence-corrected chi connectivity index (χ4v) is 1.96. The van der Waals surface area contributed by atoms with Crippen LogP contribution in [0.15, 0.2) is 18.5 Å². The van der Waals surface area contributed by atoms with Crippen molar-refractivity contribution in [1.82, 2.24) is 15.2 Å². The quantitative estimate of drug-likeness (QED) is 0.748. The third kappa shape index (κ3) is 4.87. The molecule has 2 N–H and O–H groups in total. The molecule has 0 fully saturated rings. The zero-order chi connectivity index (χ0) is 14.1. The molecule has 1 rings (SSSR count). The van der Waals surface area contributed by atoms with Crippen LogP contribution >= 0.6 is 0 Å². The van der Waals surface area contributed by atoms with Gasteiger partial charge in [-0.25, -0.2) is 0 Å². The highest BCUT2D eigenvalue weighted by atomic mass is 16.1. The van der Waals surface area contributed by atoms with E-state index in [1.165, 1.54) is 0 Å². The van der Waals surface area contributed by atoms with E-state index in [1.54, 1.807) is 25.5 Å². The predicted octanol–water partition coefficient (Wildman–Crippen LogP) is 1.58. The number of nitrogens with zero attached hydrogens (tertiary/aromatic N) is 2. The fraction of sp³-hybridized carbons (Fsp3) is 0.571. The van der Waals surface area contributed by atoms with Crippen molar-refractivity contribution < 1.29 is 4.79 Å². The standard InChI is InChI=1S/C14H24N4O/c1-4-9-18(5-2)10-8-17-14(19)12-6-7-16-11-13(12)15-3/h6-7,11,15H,4-5,8-10H2,1-3H3,(H,17,19). The predicted molar refractivity (Wildman–Crippen MR) is 78.5 cm³/mol. The van der Waals surface area contributed by atoms with E-state index in [1.807, 2.05) is 0 Å². The maximum absolute atomic E-state index is 12.1. The molecule has 0 spiro atoms. The lowest BCUT2D eigenvalue weighted by Crippen LogP contribution is -2.35. The minimum atomic E-state index is -0.0562. The molecule has 1 amide bonds. The summed E-state index contributed by atoms with van der Waals surface area (Å²) >= 11 is 0. The Hall–Kier alpha value is -1.62. The molecule has 0 aliphatic rings. The van der Waals surface area contributed by atoms with E-state index in [0.29, 0.717) is 12.1 Å². The molecular formula is C14H24N4O. The van der Waals surface area contributed by atoms with E-state index in [4.69, 9.17) is 0 Å². The summed E-state index contributed by atoms with van der Waals surface area (Å²) < 4.78 is 0. The van der Waals surface area contributed by atoms with Gasteiger partial charge in [0.05, 0.1) is 17.4 Å². The number of likely N-dealkylation sites (N-methyl/N-ethyl adjacent to an activating group) is 1. The van der Waals surface area contributed by atoms with Crippen LogP contribution in [-0.2, 0) is 0 Å². The Balaban J connectivity index is 2.47. The molecule has 1 aromatic heterocycles. The second-order valence-electron chi connectivity index (χ2n) is 4.36. The van der Waals surface area contributed by atoms with Crippen LogP contribution in [0, 0.1) is 0 Å². The molecule has 0 aliphatic heterocycles. The number of carbonyl (C=O) groups is 1. The van der Waals surface area contributed by atoms with E-state index in [9.17, 15) is 4.79 Å². The highest BCUT2D eigenvalue weighted by molar-refractivity contribution is 5.99. The van der Waals surface area contributed by atoms with Crippen molar-refractivity contribution in [2.75, 3.05) is 38.5 Å². The first-order valence-corrected chi connectivity index (χ1v) is 6.85. The van der Waals surface area contributed by atoms with Gasteiger partial charge in [0.2, 0.25) is 0 Å². The molecule has 0 aliphatic carbocycles.